The Labute approximate surface area is 108 Å². The molecule has 0 aliphatic rings. The second-order valence-electron chi connectivity index (χ2n) is 4.44. The van der Waals surface area contributed by atoms with Crippen LogP contribution in [0.1, 0.15) is 18.1 Å². The van der Waals surface area contributed by atoms with Crippen molar-refractivity contribution < 1.29 is 4.74 Å². The van der Waals surface area contributed by atoms with E-state index in [-0.39, 0.29) is 6.04 Å². The molecule has 2 aromatic carbocycles. The first kappa shape index (κ1) is 12.4. The Morgan fingerprint density at radius 1 is 1.00 bits per heavy atom. The first-order chi connectivity index (χ1) is 8.75. The normalized spacial score (nSPS) is 13.3. The molecule has 0 heterocycles. The van der Waals surface area contributed by atoms with E-state index in [2.05, 4.69) is 0 Å². The molecule has 2 rings (SSSR count). The van der Waals surface area contributed by atoms with Crippen molar-refractivity contribution in [1.29, 1.82) is 0 Å². The molecule has 0 fully saturated rings. The van der Waals surface area contributed by atoms with Gasteiger partial charge in [-0.05, 0) is 24.6 Å². The Hall–Kier alpha value is -2.09. The van der Waals surface area contributed by atoms with Crippen LogP contribution in [0.25, 0.3) is 0 Å². The summed E-state index contributed by atoms with van der Waals surface area (Å²) in [6.07, 6.45) is 2.40. The lowest BCUT2D eigenvalue weighted by atomic mass is 10.1. The van der Waals surface area contributed by atoms with Crippen LogP contribution in [0.3, 0.4) is 0 Å². The van der Waals surface area contributed by atoms with Crippen LogP contribution in [0.4, 0.5) is 0 Å². The maximum Gasteiger partial charge on any atom is 0.182 e. The van der Waals surface area contributed by atoms with Crippen LogP contribution in [0.5, 0.6) is 0 Å². The highest BCUT2D eigenvalue weighted by molar-refractivity contribution is 5.75. The Morgan fingerprint density at radius 2 is 1.56 bits per heavy atom. The van der Waals surface area contributed by atoms with Crippen molar-refractivity contribution in [3.05, 3.63) is 77.0 Å². The molecule has 0 spiro atoms. The zero-order chi connectivity index (χ0) is 12.8. The fourth-order valence-electron chi connectivity index (χ4n) is 1.86. The Balaban J connectivity index is 2.05. The van der Waals surface area contributed by atoms with Crippen LogP contribution < -0.4 is 0 Å². The molecule has 2 nitrogen and oxygen atoms in total. The molecular weight excluding hydrogens is 222 g/mol. The molecule has 92 valence electrons. The van der Waals surface area contributed by atoms with E-state index in [9.17, 15) is 5.21 Å². The minimum atomic E-state index is -0.0624. The van der Waals surface area contributed by atoms with Gasteiger partial charge in [0.2, 0.25) is 0 Å². The Bertz CT molecular complexity index is 505. The summed E-state index contributed by atoms with van der Waals surface area (Å²) in [5.41, 5.74) is 2.12. The van der Waals surface area contributed by atoms with E-state index in [1.165, 1.54) is 5.56 Å². The van der Waals surface area contributed by atoms with E-state index in [0.717, 1.165) is 16.7 Å². The molecule has 1 atom stereocenters. The third kappa shape index (κ3) is 3.45. The van der Waals surface area contributed by atoms with Crippen molar-refractivity contribution in [2.24, 2.45) is 0 Å². The highest BCUT2D eigenvalue weighted by Crippen LogP contribution is 2.05. The highest BCUT2D eigenvalue weighted by atomic mass is 16.5. The molecule has 2 heteroatoms. The summed E-state index contributed by atoms with van der Waals surface area (Å²) in [6.45, 7) is 1.94. The molecule has 1 unspecified atom stereocenters. The van der Waals surface area contributed by atoms with Crippen molar-refractivity contribution >= 4 is 6.21 Å². The summed E-state index contributed by atoms with van der Waals surface area (Å²) in [7, 11) is 0. The second kappa shape index (κ2) is 6.01. The largest absolute Gasteiger partial charge is 0.624 e. The maximum atomic E-state index is 12.0. The molecule has 0 aromatic heterocycles. The van der Waals surface area contributed by atoms with Gasteiger partial charge in [-0.3, -0.25) is 0 Å². The summed E-state index contributed by atoms with van der Waals surface area (Å²) < 4.78 is 1.03. The van der Waals surface area contributed by atoms with Crippen molar-refractivity contribution in [2.75, 3.05) is 0 Å². The van der Waals surface area contributed by atoms with Gasteiger partial charge < -0.3 is 5.21 Å². The minimum Gasteiger partial charge on any atom is -0.624 e. The van der Waals surface area contributed by atoms with Crippen molar-refractivity contribution in [3.63, 3.8) is 0 Å². The lowest BCUT2D eigenvalue weighted by Crippen LogP contribution is -2.21. The number of hydrogen-bond acceptors (Lipinski definition) is 1. The Kier molecular flexibility index (Phi) is 4.13. The van der Waals surface area contributed by atoms with Gasteiger partial charge in [-0.2, -0.15) is 0 Å². The summed E-state index contributed by atoms with van der Waals surface area (Å²) >= 11 is 0. The number of hydroxylamine groups is 1. The number of hydrogen-bond donors (Lipinski definition) is 0. The maximum absolute atomic E-state index is 12.0. The molecule has 0 aliphatic heterocycles. The zero-order valence-electron chi connectivity index (χ0n) is 10.5. The van der Waals surface area contributed by atoms with Crippen molar-refractivity contribution in [3.8, 4) is 0 Å². The van der Waals surface area contributed by atoms with Crippen molar-refractivity contribution in [1.82, 2.24) is 0 Å². The quantitative estimate of drug-likeness (QED) is 0.348. The van der Waals surface area contributed by atoms with Gasteiger partial charge in [0.25, 0.3) is 0 Å². The van der Waals surface area contributed by atoms with Crippen LogP contribution in [0, 0.1) is 5.21 Å². The van der Waals surface area contributed by atoms with Crippen LogP contribution in [0.15, 0.2) is 60.7 Å². The molecule has 0 bridgehead atoms. The molecule has 18 heavy (non-hydrogen) atoms. The smallest absolute Gasteiger partial charge is 0.182 e. The second-order valence-corrected chi connectivity index (χ2v) is 4.44. The van der Waals surface area contributed by atoms with E-state index in [0.29, 0.717) is 0 Å². The third-order valence-corrected chi connectivity index (χ3v) is 2.88. The van der Waals surface area contributed by atoms with E-state index < -0.39 is 0 Å². The lowest BCUT2D eigenvalue weighted by molar-refractivity contribution is -0.491. The molecule has 0 N–H and O–H groups in total. The average Bonchev–Trinajstić information content (AvgIpc) is 2.41. The molecule has 0 amide bonds. The zero-order valence-corrected chi connectivity index (χ0v) is 10.5. The van der Waals surface area contributed by atoms with Gasteiger partial charge >= 0.3 is 0 Å². The van der Waals surface area contributed by atoms with Crippen LogP contribution in [0.2, 0.25) is 0 Å². The topological polar surface area (TPSA) is 26.1 Å². The van der Waals surface area contributed by atoms with Gasteiger partial charge in [0.1, 0.15) is 0 Å². The molecule has 2 aromatic rings. The summed E-state index contributed by atoms with van der Waals surface area (Å²) in [5.74, 6) is 0. The van der Waals surface area contributed by atoms with Crippen molar-refractivity contribution in [2.45, 2.75) is 19.4 Å². The van der Waals surface area contributed by atoms with Gasteiger partial charge in [0.05, 0.1) is 0 Å². The van der Waals surface area contributed by atoms with Gasteiger partial charge in [-0.15, -0.1) is 0 Å². The fraction of sp³-hybridized carbons (Fsp3) is 0.188. The molecule has 0 saturated carbocycles. The fourth-order valence-corrected chi connectivity index (χ4v) is 1.86. The Morgan fingerprint density at radius 3 is 2.17 bits per heavy atom. The first-order valence-electron chi connectivity index (χ1n) is 6.15. The molecule has 0 saturated heterocycles. The SMILES string of the molecule is CC(Cc1ccccc1)/[N+]([O-])=C/c1ccccc1. The van der Waals surface area contributed by atoms with E-state index in [1.807, 2.05) is 67.6 Å². The highest BCUT2D eigenvalue weighted by Gasteiger charge is 2.09. The molecule has 0 aliphatic carbocycles. The average molecular weight is 239 g/mol. The molecule has 0 radical (unpaired) electrons. The standard InChI is InChI=1S/C16H17NO/c1-14(12-15-8-4-2-5-9-15)17(18)13-16-10-6-3-7-11-16/h2-11,13-14H,12H2,1H3/b17-13-. The van der Waals surface area contributed by atoms with Crippen LogP contribution in [-0.4, -0.2) is 17.0 Å². The van der Waals surface area contributed by atoms with Gasteiger partial charge in [0, 0.05) is 12.0 Å². The monoisotopic (exact) mass is 239 g/mol. The number of nitrogens with zero attached hydrogens (tertiary/aromatic N) is 1. The minimum absolute atomic E-state index is 0.0624. The first-order valence-corrected chi connectivity index (χ1v) is 6.15. The predicted octanol–water partition coefficient (Wildman–Crippen LogP) is 3.25. The van der Waals surface area contributed by atoms with E-state index in [4.69, 9.17) is 0 Å². The third-order valence-electron chi connectivity index (χ3n) is 2.88. The van der Waals surface area contributed by atoms with E-state index in [1.54, 1.807) is 6.21 Å². The lowest BCUT2D eigenvalue weighted by Gasteiger charge is -2.12. The number of rotatable bonds is 4. The van der Waals surface area contributed by atoms with Crippen LogP contribution in [-0.2, 0) is 6.42 Å². The van der Waals surface area contributed by atoms with Gasteiger partial charge in [-0.25, -0.2) is 4.74 Å². The van der Waals surface area contributed by atoms with E-state index >= 15 is 0 Å². The summed E-state index contributed by atoms with van der Waals surface area (Å²) in [4.78, 5) is 0. The van der Waals surface area contributed by atoms with Crippen LogP contribution >= 0.6 is 0 Å². The summed E-state index contributed by atoms with van der Waals surface area (Å²) in [5, 5.41) is 12.0. The summed E-state index contributed by atoms with van der Waals surface area (Å²) in [6, 6.07) is 19.7. The predicted molar refractivity (Wildman–Crippen MR) is 74.8 cm³/mol. The van der Waals surface area contributed by atoms with Gasteiger partial charge in [0.15, 0.2) is 12.3 Å². The molecular formula is C16H17NO. The number of benzene rings is 2. The van der Waals surface area contributed by atoms with Gasteiger partial charge in [-0.1, -0.05) is 48.5 Å².